The fourth-order valence-electron chi connectivity index (χ4n) is 2.49. The van der Waals surface area contributed by atoms with Gasteiger partial charge in [-0.2, -0.15) is 0 Å². The van der Waals surface area contributed by atoms with Crippen molar-refractivity contribution in [1.82, 2.24) is 9.97 Å². The number of ether oxygens (including phenoxy) is 1. The fraction of sp³-hybridized carbons (Fsp3) is 0.533. The van der Waals surface area contributed by atoms with Crippen molar-refractivity contribution >= 4 is 16.7 Å². The van der Waals surface area contributed by atoms with E-state index in [-0.39, 0.29) is 13.6 Å². The molecule has 4 heteroatoms. The van der Waals surface area contributed by atoms with Crippen molar-refractivity contribution in [2.45, 2.75) is 39.9 Å². The third-order valence-corrected chi connectivity index (χ3v) is 3.17. The van der Waals surface area contributed by atoms with Crippen molar-refractivity contribution in [3.8, 4) is 0 Å². The van der Waals surface area contributed by atoms with E-state index in [0.29, 0.717) is 0 Å². The molecule has 1 fully saturated rings. The van der Waals surface area contributed by atoms with Gasteiger partial charge in [-0.3, -0.25) is 0 Å². The summed E-state index contributed by atoms with van der Waals surface area (Å²) in [6, 6.07) is 4.24. The Hall–Kier alpha value is -1.55. The van der Waals surface area contributed by atoms with Gasteiger partial charge in [0.2, 0.25) is 0 Å². The molecule has 1 aliphatic heterocycles. The number of nitrogens with zero attached hydrogens (tertiary/aromatic N) is 2. The number of rotatable bonds is 1. The molecule has 0 saturated carbocycles. The molecule has 2 aromatic heterocycles. The Morgan fingerprint density at radius 1 is 1.32 bits per heavy atom. The summed E-state index contributed by atoms with van der Waals surface area (Å²) in [4.78, 5) is 9.89. The van der Waals surface area contributed by atoms with E-state index in [1.165, 1.54) is 5.69 Å². The number of fused-ring (bicyclic) bond motifs is 1. The van der Waals surface area contributed by atoms with Crippen LogP contribution in [0.4, 0.5) is 5.69 Å². The number of hydrogen-bond donors (Lipinski definition) is 1. The normalized spacial score (nSPS) is 23.1. The molecule has 1 N–H and O–H groups in total. The summed E-state index contributed by atoms with van der Waals surface area (Å²) in [6.07, 6.45) is 4.41. The topological polar surface area (TPSA) is 41.2 Å². The van der Waals surface area contributed by atoms with E-state index < -0.39 is 0 Å². The van der Waals surface area contributed by atoms with Crippen molar-refractivity contribution < 1.29 is 6.16 Å². The number of pyridine rings is 1. The Labute approximate surface area is 116 Å². The standard InChI is InChI=1S/C13H17N3O.C2H6.H2/c1-9-7-16(8-10(2)17-9)12-5-11-3-4-14-13(11)15-6-12;1-2;/h3-6,9-10H,7-8H2,1-2H3,(H,14,15);1-2H3;1H/t9-,10+;;. The molecule has 4 nitrogen and oxygen atoms in total. The van der Waals surface area contributed by atoms with Crippen molar-refractivity contribution in [3.63, 3.8) is 0 Å². The van der Waals surface area contributed by atoms with Crippen molar-refractivity contribution in [2.24, 2.45) is 0 Å². The van der Waals surface area contributed by atoms with E-state index in [1.54, 1.807) is 0 Å². The first-order chi connectivity index (χ1) is 9.22. The van der Waals surface area contributed by atoms with Gasteiger partial charge in [-0.15, -0.1) is 0 Å². The molecule has 2 aromatic rings. The van der Waals surface area contributed by atoms with Crippen LogP contribution in [0, 0.1) is 0 Å². The summed E-state index contributed by atoms with van der Waals surface area (Å²) < 4.78 is 5.74. The number of aromatic amines is 1. The monoisotopic (exact) mass is 263 g/mol. The fourth-order valence-corrected chi connectivity index (χ4v) is 2.49. The van der Waals surface area contributed by atoms with Crippen LogP contribution in [0.5, 0.6) is 0 Å². The zero-order chi connectivity index (χ0) is 13.8. The maximum absolute atomic E-state index is 5.74. The number of hydrogen-bond acceptors (Lipinski definition) is 3. The van der Waals surface area contributed by atoms with Crippen molar-refractivity contribution in [3.05, 3.63) is 24.5 Å². The van der Waals surface area contributed by atoms with Gasteiger partial charge in [0.1, 0.15) is 5.65 Å². The minimum atomic E-state index is 0. The average Bonchev–Trinajstić information content (AvgIpc) is 2.87. The van der Waals surface area contributed by atoms with E-state index in [9.17, 15) is 0 Å². The number of H-pyrrole nitrogens is 1. The van der Waals surface area contributed by atoms with E-state index in [2.05, 4.69) is 40.8 Å². The Kier molecular flexibility index (Phi) is 4.43. The molecule has 0 aliphatic carbocycles. The lowest BCUT2D eigenvalue weighted by molar-refractivity contribution is -0.00522. The summed E-state index contributed by atoms with van der Waals surface area (Å²) in [6.45, 7) is 10.1. The Bertz CT molecular complexity index is 519. The van der Waals surface area contributed by atoms with Crippen LogP contribution in [-0.2, 0) is 4.74 Å². The van der Waals surface area contributed by atoms with Crippen LogP contribution in [0.2, 0.25) is 0 Å². The zero-order valence-electron chi connectivity index (χ0n) is 12.2. The molecule has 0 amide bonds. The number of aromatic nitrogens is 2. The predicted molar refractivity (Wildman–Crippen MR) is 81.8 cm³/mol. The van der Waals surface area contributed by atoms with Gasteiger partial charge in [0.15, 0.2) is 0 Å². The third-order valence-electron chi connectivity index (χ3n) is 3.17. The number of anilines is 1. The Morgan fingerprint density at radius 2 is 2.00 bits per heavy atom. The summed E-state index contributed by atoms with van der Waals surface area (Å²) in [5.41, 5.74) is 2.13. The highest BCUT2D eigenvalue weighted by molar-refractivity contribution is 5.79. The lowest BCUT2D eigenvalue weighted by Gasteiger charge is -2.36. The molecular weight excluding hydrogens is 238 g/mol. The lowest BCUT2D eigenvalue weighted by atomic mass is 10.2. The minimum absolute atomic E-state index is 0. The van der Waals surface area contributed by atoms with Crippen LogP contribution in [0.25, 0.3) is 11.0 Å². The van der Waals surface area contributed by atoms with Gasteiger partial charge in [0.25, 0.3) is 0 Å². The summed E-state index contributed by atoms with van der Waals surface area (Å²) in [5.74, 6) is 0. The van der Waals surface area contributed by atoms with Gasteiger partial charge < -0.3 is 14.6 Å². The minimum Gasteiger partial charge on any atom is -0.372 e. The smallest absolute Gasteiger partial charge is 0.137 e. The molecule has 0 bridgehead atoms. The van der Waals surface area contributed by atoms with Crippen molar-refractivity contribution in [2.75, 3.05) is 18.0 Å². The van der Waals surface area contributed by atoms with Crippen LogP contribution < -0.4 is 4.90 Å². The van der Waals surface area contributed by atoms with Crippen LogP contribution in [0.3, 0.4) is 0 Å². The maximum Gasteiger partial charge on any atom is 0.137 e. The molecule has 0 aromatic carbocycles. The number of morpholine rings is 1. The molecule has 19 heavy (non-hydrogen) atoms. The molecule has 106 valence electrons. The van der Waals surface area contributed by atoms with Gasteiger partial charge in [-0.05, 0) is 26.0 Å². The Balaban J connectivity index is 0.000000639. The first-order valence-electron chi connectivity index (χ1n) is 7.06. The van der Waals surface area contributed by atoms with Crippen LogP contribution in [-0.4, -0.2) is 35.3 Å². The van der Waals surface area contributed by atoms with E-state index in [0.717, 1.165) is 24.1 Å². The molecule has 1 aliphatic rings. The number of nitrogens with one attached hydrogen (secondary N) is 1. The Morgan fingerprint density at radius 3 is 2.68 bits per heavy atom. The van der Waals surface area contributed by atoms with Crippen LogP contribution in [0.1, 0.15) is 29.1 Å². The second kappa shape index (κ2) is 6.06. The highest BCUT2D eigenvalue weighted by Crippen LogP contribution is 2.22. The highest BCUT2D eigenvalue weighted by atomic mass is 16.5. The predicted octanol–water partition coefficient (Wildman–Crippen LogP) is 3.45. The largest absolute Gasteiger partial charge is 0.372 e. The second-order valence-corrected chi connectivity index (χ2v) is 4.77. The highest BCUT2D eigenvalue weighted by Gasteiger charge is 2.22. The molecule has 1 saturated heterocycles. The van der Waals surface area contributed by atoms with Gasteiger partial charge in [-0.25, -0.2) is 4.98 Å². The molecule has 0 unspecified atom stereocenters. The first-order valence-corrected chi connectivity index (χ1v) is 7.06. The lowest BCUT2D eigenvalue weighted by Crippen LogP contribution is -2.45. The summed E-state index contributed by atoms with van der Waals surface area (Å²) in [7, 11) is 0. The zero-order valence-corrected chi connectivity index (χ0v) is 12.2. The second-order valence-electron chi connectivity index (χ2n) is 4.77. The van der Waals surface area contributed by atoms with Gasteiger partial charge in [-0.1, -0.05) is 13.8 Å². The maximum atomic E-state index is 5.74. The van der Waals surface area contributed by atoms with E-state index >= 15 is 0 Å². The molecule has 0 radical (unpaired) electrons. The quantitative estimate of drug-likeness (QED) is 0.856. The molecule has 0 spiro atoms. The first kappa shape index (κ1) is 13.9. The summed E-state index contributed by atoms with van der Waals surface area (Å²) >= 11 is 0. The van der Waals surface area contributed by atoms with Gasteiger partial charge in [0.05, 0.1) is 24.1 Å². The third kappa shape index (κ3) is 3.07. The van der Waals surface area contributed by atoms with Crippen molar-refractivity contribution in [1.29, 1.82) is 0 Å². The van der Waals surface area contributed by atoms with Gasteiger partial charge >= 0.3 is 0 Å². The molecule has 3 rings (SSSR count). The average molecular weight is 263 g/mol. The van der Waals surface area contributed by atoms with E-state index in [1.807, 2.05) is 26.2 Å². The summed E-state index contributed by atoms with van der Waals surface area (Å²) in [5, 5.41) is 1.16. The SMILES string of the molecule is CC.C[C@@H]1CN(c2cnc3[nH]ccc3c2)C[C@H](C)O1.[HH]. The molecule has 3 heterocycles. The van der Waals surface area contributed by atoms with E-state index in [4.69, 9.17) is 4.74 Å². The molecule has 2 atom stereocenters. The molecular formula is C15H25N3O. The van der Waals surface area contributed by atoms with Crippen LogP contribution in [0.15, 0.2) is 24.5 Å². The van der Waals surface area contributed by atoms with Crippen LogP contribution >= 0.6 is 0 Å². The van der Waals surface area contributed by atoms with Gasteiger partial charge in [0, 0.05) is 26.1 Å².